The van der Waals surface area contributed by atoms with Crippen LogP contribution in [0.25, 0.3) is 0 Å². The van der Waals surface area contributed by atoms with Gasteiger partial charge in [-0.25, -0.2) is 4.79 Å². The van der Waals surface area contributed by atoms with E-state index in [4.69, 9.17) is 4.52 Å². The molecule has 1 aromatic heterocycles. The van der Waals surface area contributed by atoms with Gasteiger partial charge in [-0.15, -0.1) is 0 Å². The molecule has 9 nitrogen and oxygen atoms in total. The van der Waals surface area contributed by atoms with E-state index in [1.807, 2.05) is 48.2 Å². The lowest BCUT2D eigenvalue weighted by Crippen LogP contribution is -2.54. The molecule has 2 aliphatic rings. The molecule has 0 saturated carbocycles. The number of likely N-dealkylation sites (tertiary alicyclic amines) is 1. The molecule has 0 bridgehead atoms. The molecule has 2 fully saturated rings. The molecule has 9 heteroatoms. The largest absolute Gasteiger partial charge is 0.360 e. The molecule has 2 aromatic rings. The lowest BCUT2D eigenvalue weighted by molar-refractivity contribution is -0.117. The number of nitrogens with zero attached hydrogens (tertiary/aromatic N) is 4. The van der Waals surface area contributed by atoms with Crippen LogP contribution in [-0.4, -0.2) is 83.6 Å². The number of amides is 3. The third-order valence-electron chi connectivity index (χ3n) is 6.06. The lowest BCUT2D eigenvalue weighted by atomic mass is 10.1. The fourth-order valence-corrected chi connectivity index (χ4v) is 4.25. The van der Waals surface area contributed by atoms with Crippen LogP contribution in [0.3, 0.4) is 0 Å². The van der Waals surface area contributed by atoms with Crippen molar-refractivity contribution in [1.29, 1.82) is 0 Å². The van der Waals surface area contributed by atoms with Gasteiger partial charge in [0, 0.05) is 57.1 Å². The van der Waals surface area contributed by atoms with Gasteiger partial charge in [-0.05, 0) is 31.9 Å². The highest BCUT2D eigenvalue weighted by Crippen LogP contribution is 2.13. The first-order valence-corrected chi connectivity index (χ1v) is 11.3. The third-order valence-corrected chi connectivity index (χ3v) is 6.06. The molecule has 0 spiro atoms. The summed E-state index contributed by atoms with van der Waals surface area (Å²) in [5.74, 6) is 0.863. The van der Waals surface area contributed by atoms with Crippen LogP contribution in [0.2, 0.25) is 0 Å². The fraction of sp³-hybridized carbons (Fsp3) is 0.522. The van der Waals surface area contributed by atoms with Crippen molar-refractivity contribution in [3.8, 4) is 0 Å². The number of hydrogen-bond donors (Lipinski definition) is 2. The summed E-state index contributed by atoms with van der Waals surface area (Å²) < 4.78 is 5.29. The van der Waals surface area contributed by atoms with Crippen molar-refractivity contribution in [3.63, 3.8) is 0 Å². The molecule has 2 aliphatic heterocycles. The average Bonchev–Trinajstić information content (AvgIpc) is 3.20. The standard InChI is InChI=1S/C23H32N6O3/c1-18-15-21(32-26-18)16-28-11-13-29(14-12-28)23(31)25-20-7-9-27(10-8-20)17-22(30)24-19-5-3-2-4-6-19/h2-6,15,20H,7-14,16-17H2,1H3,(H,24,30)(H,25,31). The van der Waals surface area contributed by atoms with Crippen molar-refractivity contribution >= 4 is 17.6 Å². The van der Waals surface area contributed by atoms with Gasteiger partial charge in [-0.3, -0.25) is 14.6 Å². The van der Waals surface area contributed by atoms with Crippen LogP contribution in [0.1, 0.15) is 24.3 Å². The second kappa shape index (κ2) is 10.6. The normalized spacial score (nSPS) is 18.5. The Hall–Kier alpha value is -2.91. The number of aromatic nitrogens is 1. The Morgan fingerprint density at radius 2 is 1.75 bits per heavy atom. The quantitative estimate of drug-likeness (QED) is 0.713. The Bertz CT molecular complexity index is 886. The molecule has 172 valence electrons. The minimum Gasteiger partial charge on any atom is -0.360 e. The number of benzene rings is 1. The summed E-state index contributed by atoms with van der Waals surface area (Å²) in [4.78, 5) is 31.2. The molecular weight excluding hydrogens is 408 g/mol. The molecular formula is C23H32N6O3. The minimum absolute atomic E-state index is 0.00273. The zero-order valence-electron chi connectivity index (χ0n) is 18.6. The maximum atomic E-state index is 12.7. The highest BCUT2D eigenvalue weighted by molar-refractivity contribution is 5.92. The summed E-state index contributed by atoms with van der Waals surface area (Å²) in [7, 11) is 0. The number of para-hydroxylation sites is 1. The number of rotatable bonds is 6. The summed E-state index contributed by atoms with van der Waals surface area (Å²) in [5, 5.41) is 10.0. The van der Waals surface area contributed by atoms with E-state index in [2.05, 4.69) is 25.6 Å². The molecule has 1 aromatic carbocycles. The molecule has 4 rings (SSSR count). The summed E-state index contributed by atoms with van der Waals surface area (Å²) >= 11 is 0. The summed E-state index contributed by atoms with van der Waals surface area (Å²) in [6.45, 7) is 7.68. The molecule has 0 radical (unpaired) electrons. The van der Waals surface area contributed by atoms with Crippen molar-refractivity contribution in [3.05, 3.63) is 47.9 Å². The van der Waals surface area contributed by atoms with Crippen LogP contribution in [0, 0.1) is 6.92 Å². The molecule has 0 unspecified atom stereocenters. The monoisotopic (exact) mass is 440 g/mol. The van der Waals surface area contributed by atoms with Crippen molar-refractivity contribution < 1.29 is 14.1 Å². The molecule has 3 amide bonds. The summed E-state index contributed by atoms with van der Waals surface area (Å²) in [5.41, 5.74) is 1.71. The molecule has 0 atom stereocenters. The first-order chi connectivity index (χ1) is 15.5. The van der Waals surface area contributed by atoms with Crippen molar-refractivity contribution in [2.75, 3.05) is 51.1 Å². The number of urea groups is 1. The topological polar surface area (TPSA) is 94.0 Å². The predicted molar refractivity (Wildman–Crippen MR) is 121 cm³/mol. The highest BCUT2D eigenvalue weighted by atomic mass is 16.5. The zero-order valence-corrected chi connectivity index (χ0v) is 18.6. The average molecular weight is 441 g/mol. The van der Waals surface area contributed by atoms with Gasteiger partial charge in [0.1, 0.15) is 0 Å². The second-order valence-corrected chi connectivity index (χ2v) is 8.61. The number of nitrogens with one attached hydrogen (secondary N) is 2. The number of carbonyl (C=O) groups is 2. The Balaban J connectivity index is 1.13. The van der Waals surface area contributed by atoms with E-state index < -0.39 is 0 Å². The van der Waals surface area contributed by atoms with E-state index in [0.717, 1.165) is 62.7 Å². The molecule has 32 heavy (non-hydrogen) atoms. The molecule has 3 heterocycles. The Kier molecular flexibility index (Phi) is 7.39. The van der Waals surface area contributed by atoms with Gasteiger partial charge in [-0.2, -0.15) is 0 Å². The number of aryl methyl sites for hydroxylation is 1. The van der Waals surface area contributed by atoms with Crippen LogP contribution >= 0.6 is 0 Å². The highest BCUT2D eigenvalue weighted by Gasteiger charge is 2.26. The predicted octanol–water partition coefficient (Wildman–Crippen LogP) is 1.91. The number of piperidine rings is 1. The number of hydrogen-bond acceptors (Lipinski definition) is 6. The first kappa shape index (κ1) is 22.3. The van der Waals surface area contributed by atoms with E-state index in [1.54, 1.807) is 0 Å². The van der Waals surface area contributed by atoms with E-state index in [1.165, 1.54) is 0 Å². The number of carbonyl (C=O) groups excluding carboxylic acids is 2. The Morgan fingerprint density at radius 1 is 1.03 bits per heavy atom. The lowest BCUT2D eigenvalue weighted by Gasteiger charge is -2.36. The maximum Gasteiger partial charge on any atom is 0.317 e. The van der Waals surface area contributed by atoms with Crippen molar-refractivity contribution in [2.45, 2.75) is 32.4 Å². The van der Waals surface area contributed by atoms with Crippen LogP contribution in [0.5, 0.6) is 0 Å². The van der Waals surface area contributed by atoms with E-state index in [9.17, 15) is 9.59 Å². The molecule has 2 N–H and O–H groups in total. The number of piperazine rings is 1. The van der Waals surface area contributed by atoms with Crippen LogP contribution in [0.4, 0.5) is 10.5 Å². The van der Waals surface area contributed by atoms with Gasteiger partial charge in [0.25, 0.3) is 0 Å². The third kappa shape index (κ3) is 6.30. The van der Waals surface area contributed by atoms with Gasteiger partial charge in [0.15, 0.2) is 5.76 Å². The first-order valence-electron chi connectivity index (χ1n) is 11.3. The van der Waals surface area contributed by atoms with Gasteiger partial charge in [-0.1, -0.05) is 23.4 Å². The van der Waals surface area contributed by atoms with Crippen LogP contribution in [0.15, 0.2) is 40.9 Å². The second-order valence-electron chi connectivity index (χ2n) is 8.61. The maximum absolute atomic E-state index is 12.7. The van der Waals surface area contributed by atoms with Gasteiger partial charge < -0.3 is 20.1 Å². The van der Waals surface area contributed by atoms with Crippen LogP contribution in [-0.2, 0) is 11.3 Å². The van der Waals surface area contributed by atoms with E-state index >= 15 is 0 Å². The van der Waals surface area contributed by atoms with Gasteiger partial charge in [0.05, 0.1) is 18.8 Å². The SMILES string of the molecule is Cc1cc(CN2CCN(C(=O)NC3CCN(CC(=O)Nc4ccccc4)CC3)CC2)on1. The Labute approximate surface area is 188 Å². The molecule has 0 aliphatic carbocycles. The Morgan fingerprint density at radius 3 is 2.41 bits per heavy atom. The summed E-state index contributed by atoms with van der Waals surface area (Å²) in [6, 6.07) is 11.6. The van der Waals surface area contributed by atoms with Gasteiger partial charge in [0.2, 0.25) is 5.91 Å². The summed E-state index contributed by atoms with van der Waals surface area (Å²) in [6.07, 6.45) is 1.71. The molecule has 2 saturated heterocycles. The van der Waals surface area contributed by atoms with E-state index in [0.29, 0.717) is 19.6 Å². The van der Waals surface area contributed by atoms with Crippen molar-refractivity contribution in [2.24, 2.45) is 0 Å². The zero-order chi connectivity index (χ0) is 22.3. The smallest absolute Gasteiger partial charge is 0.317 e. The minimum atomic E-state index is -0.00273. The van der Waals surface area contributed by atoms with Gasteiger partial charge >= 0.3 is 6.03 Å². The fourth-order valence-electron chi connectivity index (χ4n) is 4.25. The van der Waals surface area contributed by atoms with Crippen molar-refractivity contribution in [1.82, 2.24) is 25.2 Å². The van der Waals surface area contributed by atoms with E-state index in [-0.39, 0.29) is 18.0 Å². The number of anilines is 1. The van der Waals surface area contributed by atoms with Crippen LogP contribution < -0.4 is 10.6 Å².